The number of allylic oxidation sites excluding steroid dienone is 2. The molecule has 0 aromatic heterocycles. The minimum atomic E-state index is -0.467. The van der Waals surface area contributed by atoms with Gasteiger partial charge in [-0.3, -0.25) is 19.8 Å². The molecule has 1 aromatic carbocycles. The van der Waals surface area contributed by atoms with Gasteiger partial charge in [0.25, 0.3) is 17.7 Å². The molecule has 128 valence electrons. The predicted molar refractivity (Wildman–Crippen MR) is 87.1 cm³/mol. The van der Waals surface area contributed by atoms with Crippen molar-refractivity contribution >= 4 is 17.7 Å². The van der Waals surface area contributed by atoms with Gasteiger partial charge >= 0.3 is 0 Å². The standard InChI is InChI=1S/C19H18N2O4/c1-25-11-4-2-10(3-5-11)16(22)20-21-17(23)14-12-6-7-13(15(14)18(21)24)19(12)8-9-19/h2-7,12-15H,8-9H2,1H3,(H,20,22)/t12-,13-,14+,15+/m1/s1. The summed E-state index contributed by atoms with van der Waals surface area (Å²) in [5.74, 6) is -0.659. The van der Waals surface area contributed by atoms with Crippen molar-refractivity contribution in [3.05, 3.63) is 42.0 Å². The Hall–Kier alpha value is -2.63. The Morgan fingerprint density at radius 2 is 1.64 bits per heavy atom. The van der Waals surface area contributed by atoms with Crippen LogP contribution in [0.1, 0.15) is 23.2 Å². The fourth-order valence-electron chi connectivity index (χ4n) is 5.10. The van der Waals surface area contributed by atoms with Crippen LogP contribution in [-0.2, 0) is 9.59 Å². The lowest BCUT2D eigenvalue weighted by Gasteiger charge is -2.22. The molecule has 1 spiro atoms. The van der Waals surface area contributed by atoms with Gasteiger partial charge in [-0.1, -0.05) is 12.2 Å². The van der Waals surface area contributed by atoms with Crippen LogP contribution in [0, 0.1) is 29.1 Å². The van der Waals surface area contributed by atoms with E-state index in [0.29, 0.717) is 11.3 Å². The minimum Gasteiger partial charge on any atom is -0.497 e. The molecule has 3 amide bonds. The number of fused-ring (bicyclic) bond motifs is 3. The number of nitrogens with zero attached hydrogens (tertiary/aromatic N) is 1. The maximum atomic E-state index is 12.8. The van der Waals surface area contributed by atoms with Crippen molar-refractivity contribution in [3.8, 4) is 5.75 Å². The largest absolute Gasteiger partial charge is 0.497 e. The van der Waals surface area contributed by atoms with Crippen molar-refractivity contribution < 1.29 is 19.1 Å². The van der Waals surface area contributed by atoms with Crippen LogP contribution >= 0.6 is 0 Å². The van der Waals surface area contributed by atoms with Crippen molar-refractivity contribution in [2.24, 2.45) is 29.1 Å². The quantitative estimate of drug-likeness (QED) is 0.670. The lowest BCUT2D eigenvalue weighted by atomic mass is 9.85. The Morgan fingerprint density at radius 1 is 1.08 bits per heavy atom. The van der Waals surface area contributed by atoms with Crippen LogP contribution in [0.25, 0.3) is 0 Å². The van der Waals surface area contributed by atoms with Gasteiger partial charge in [-0.05, 0) is 54.4 Å². The molecule has 1 N–H and O–H groups in total. The van der Waals surface area contributed by atoms with Crippen LogP contribution in [0.5, 0.6) is 5.75 Å². The molecule has 5 rings (SSSR count). The number of methoxy groups -OCH3 is 1. The maximum Gasteiger partial charge on any atom is 0.270 e. The zero-order valence-electron chi connectivity index (χ0n) is 13.8. The van der Waals surface area contributed by atoms with E-state index >= 15 is 0 Å². The molecular weight excluding hydrogens is 320 g/mol. The van der Waals surface area contributed by atoms with Crippen LogP contribution in [0.2, 0.25) is 0 Å². The van der Waals surface area contributed by atoms with Crippen molar-refractivity contribution in [1.29, 1.82) is 0 Å². The van der Waals surface area contributed by atoms with Crippen molar-refractivity contribution in [1.82, 2.24) is 10.4 Å². The van der Waals surface area contributed by atoms with E-state index in [9.17, 15) is 14.4 Å². The monoisotopic (exact) mass is 338 g/mol. The highest BCUT2D eigenvalue weighted by Gasteiger charge is 2.73. The second-order valence-electron chi connectivity index (χ2n) is 7.40. The first-order valence-electron chi connectivity index (χ1n) is 8.58. The SMILES string of the molecule is COc1ccc(C(=O)NN2C(=O)[C@@H]3[C@@H](C2=O)[C@H]2C=C[C@H]3C23CC3)cc1. The van der Waals surface area contributed by atoms with E-state index < -0.39 is 5.91 Å². The van der Waals surface area contributed by atoms with Gasteiger partial charge in [-0.25, -0.2) is 0 Å². The van der Waals surface area contributed by atoms with E-state index in [-0.39, 0.29) is 40.9 Å². The van der Waals surface area contributed by atoms with Crippen LogP contribution in [0.3, 0.4) is 0 Å². The summed E-state index contributed by atoms with van der Waals surface area (Å²) in [6.45, 7) is 0. The van der Waals surface area contributed by atoms with E-state index in [1.54, 1.807) is 31.4 Å². The smallest absolute Gasteiger partial charge is 0.270 e. The first-order chi connectivity index (χ1) is 12.1. The Balaban J connectivity index is 1.37. The van der Waals surface area contributed by atoms with Gasteiger partial charge in [0.1, 0.15) is 5.75 Å². The highest BCUT2D eigenvalue weighted by atomic mass is 16.5. The summed E-state index contributed by atoms with van der Waals surface area (Å²) in [7, 11) is 1.55. The first-order valence-corrected chi connectivity index (χ1v) is 8.58. The molecule has 25 heavy (non-hydrogen) atoms. The highest BCUT2D eigenvalue weighted by Crippen LogP contribution is 2.73. The van der Waals surface area contributed by atoms with Crippen molar-refractivity contribution in [2.75, 3.05) is 7.11 Å². The van der Waals surface area contributed by atoms with Gasteiger partial charge in [0.2, 0.25) is 0 Å². The van der Waals surface area contributed by atoms with Crippen molar-refractivity contribution in [3.63, 3.8) is 0 Å². The number of benzene rings is 1. The summed E-state index contributed by atoms with van der Waals surface area (Å²) in [6.07, 6.45) is 6.42. The predicted octanol–water partition coefficient (Wildman–Crippen LogP) is 1.54. The molecule has 0 radical (unpaired) electrons. The second kappa shape index (κ2) is 4.71. The van der Waals surface area contributed by atoms with Crippen molar-refractivity contribution in [2.45, 2.75) is 12.8 Å². The number of hydrogen-bond donors (Lipinski definition) is 1. The van der Waals surface area contributed by atoms with Gasteiger partial charge < -0.3 is 4.74 Å². The lowest BCUT2D eigenvalue weighted by Crippen LogP contribution is -2.47. The summed E-state index contributed by atoms with van der Waals surface area (Å²) >= 11 is 0. The van der Waals surface area contributed by atoms with Crippen LogP contribution < -0.4 is 10.2 Å². The van der Waals surface area contributed by atoms with E-state index in [1.165, 1.54) is 0 Å². The van der Waals surface area contributed by atoms with E-state index in [1.807, 2.05) is 0 Å². The number of rotatable bonds is 3. The van der Waals surface area contributed by atoms with E-state index in [4.69, 9.17) is 4.74 Å². The summed E-state index contributed by atoms with van der Waals surface area (Å²) in [5.41, 5.74) is 3.04. The molecule has 3 fully saturated rings. The maximum absolute atomic E-state index is 12.8. The average Bonchev–Trinajstić information content (AvgIpc) is 3.24. The molecule has 1 saturated heterocycles. The number of carbonyl (C=O) groups is 3. The zero-order valence-corrected chi connectivity index (χ0v) is 13.8. The summed E-state index contributed by atoms with van der Waals surface area (Å²) < 4.78 is 5.07. The number of amides is 3. The molecule has 1 aliphatic heterocycles. The fraction of sp³-hybridized carbons (Fsp3) is 0.421. The van der Waals surface area contributed by atoms with Gasteiger partial charge in [0, 0.05) is 5.56 Å². The van der Waals surface area contributed by atoms with Gasteiger partial charge in [0.05, 0.1) is 18.9 Å². The molecule has 4 atom stereocenters. The third kappa shape index (κ3) is 1.77. The van der Waals surface area contributed by atoms with Crippen LogP contribution in [-0.4, -0.2) is 29.8 Å². The highest BCUT2D eigenvalue weighted by molar-refractivity contribution is 6.09. The Morgan fingerprint density at radius 3 is 2.12 bits per heavy atom. The minimum absolute atomic E-state index is 0.154. The number of carbonyl (C=O) groups excluding carboxylic acids is 3. The van der Waals surface area contributed by atoms with Gasteiger partial charge in [-0.15, -0.1) is 0 Å². The van der Waals surface area contributed by atoms with Gasteiger partial charge in [0.15, 0.2) is 0 Å². The normalized spacial score (nSPS) is 33.1. The number of nitrogens with one attached hydrogen (secondary N) is 1. The van der Waals surface area contributed by atoms with E-state index in [2.05, 4.69) is 17.6 Å². The number of hydrazine groups is 1. The Labute approximate surface area is 144 Å². The molecule has 1 aromatic rings. The molecule has 3 aliphatic carbocycles. The van der Waals surface area contributed by atoms with Crippen LogP contribution in [0.15, 0.2) is 36.4 Å². The summed E-state index contributed by atoms with van der Waals surface area (Å²) in [4.78, 5) is 38.0. The summed E-state index contributed by atoms with van der Waals surface area (Å²) in [6, 6.07) is 6.53. The molecule has 6 nitrogen and oxygen atoms in total. The molecular formula is C19H18N2O4. The summed E-state index contributed by atoms with van der Waals surface area (Å²) in [5, 5.41) is 0.949. The molecule has 4 aliphatic rings. The molecule has 2 saturated carbocycles. The third-order valence-electron chi connectivity index (χ3n) is 6.42. The fourth-order valence-corrected chi connectivity index (χ4v) is 5.10. The zero-order chi connectivity index (χ0) is 17.3. The number of ether oxygens (including phenoxy) is 1. The van der Waals surface area contributed by atoms with Gasteiger partial charge in [-0.2, -0.15) is 5.01 Å². The molecule has 1 heterocycles. The molecule has 0 unspecified atom stereocenters. The third-order valence-corrected chi connectivity index (χ3v) is 6.42. The van der Waals surface area contributed by atoms with E-state index in [0.717, 1.165) is 17.9 Å². The Bertz CT molecular complexity index is 790. The topological polar surface area (TPSA) is 75.7 Å². The molecule has 6 heteroatoms. The number of imide groups is 1. The second-order valence-corrected chi connectivity index (χ2v) is 7.40. The average molecular weight is 338 g/mol. The Kier molecular flexibility index (Phi) is 2.77. The number of hydrogen-bond acceptors (Lipinski definition) is 4. The lowest BCUT2D eigenvalue weighted by molar-refractivity contribution is -0.144. The van der Waals surface area contributed by atoms with Crippen LogP contribution in [0.4, 0.5) is 0 Å². The first kappa shape index (κ1) is 14.7. The molecule has 2 bridgehead atoms.